The third kappa shape index (κ3) is 6.00. The number of aliphatic hydroxyl groups excluding tert-OH is 2. The molecule has 88 valence electrons. The molecule has 0 fully saturated rings. The lowest BCUT2D eigenvalue weighted by Crippen LogP contribution is -2.40. The van der Waals surface area contributed by atoms with E-state index in [0.29, 0.717) is 12.2 Å². The topological polar surface area (TPSA) is 76.3 Å². The van der Waals surface area contributed by atoms with Crippen molar-refractivity contribution in [2.75, 3.05) is 19.4 Å². The van der Waals surface area contributed by atoms with Gasteiger partial charge < -0.3 is 15.5 Å². The second-order valence-corrected chi connectivity index (χ2v) is 5.35. The summed E-state index contributed by atoms with van der Waals surface area (Å²) < 4.78 is 0. The molecule has 3 unspecified atom stereocenters. The Morgan fingerprint density at radius 1 is 1.60 bits per heavy atom. The SMILES string of the molecule is CNC(C)(C#N)CC(C)SCC(O)CO. The Labute approximate surface area is 95.7 Å². The van der Waals surface area contributed by atoms with Crippen molar-refractivity contribution in [1.29, 1.82) is 5.26 Å². The molecule has 3 N–H and O–H groups in total. The molecule has 0 aromatic rings. The van der Waals surface area contributed by atoms with Crippen LogP contribution in [-0.2, 0) is 0 Å². The van der Waals surface area contributed by atoms with Gasteiger partial charge in [-0.1, -0.05) is 6.92 Å². The summed E-state index contributed by atoms with van der Waals surface area (Å²) in [5.74, 6) is 0.503. The van der Waals surface area contributed by atoms with E-state index in [-0.39, 0.29) is 11.9 Å². The summed E-state index contributed by atoms with van der Waals surface area (Å²) in [5.41, 5.74) is -0.517. The number of rotatable bonds is 7. The van der Waals surface area contributed by atoms with Gasteiger partial charge in [0.25, 0.3) is 0 Å². The largest absolute Gasteiger partial charge is 0.394 e. The number of nitrogens with zero attached hydrogens (tertiary/aromatic N) is 1. The van der Waals surface area contributed by atoms with E-state index in [2.05, 4.69) is 11.4 Å². The molecule has 0 heterocycles. The van der Waals surface area contributed by atoms with Gasteiger partial charge in [-0.2, -0.15) is 17.0 Å². The van der Waals surface area contributed by atoms with Gasteiger partial charge in [0.2, 0.25) is 0 Å². The Morgan fingerprint density at radius 3 is 2.60 bits per heavy atom. The van der Waals surface area contributed by atoms with Gasteiger partial charge in [-0.3, -0.25) is 0 Å². The molecule has 0 aromatic carbocycles. The summed E-state index contributed by atoms with van der Waals surface area (Å²) in [6.07, 6.45) is 0.0448. The lowest BCUT2D eigenvalue weighted by molar-refractivity contribution is 0.113. The van der Waals surface area contributed by atoms with E-state index < -0.39 is 11.6 Å². The summed E-state index contributed by atoms with van der Waals surface area (Å²) in [7, 11) is 1.77. The van der Waals surface area contributed by atoms with Gasteiger partial charge >= 0.3 is 0 Å². The van der Waals surface area contributed by atoms with E-state index >= 15 is 0 Å². The zero-order chi connectivity index (χ0) is 11.9. The molecule has 4 nitrogen and oxygen atoms in total. The Hall–Kier alpha value is -0.280. The molecule has 0 aliphatic carbocycles. The van der Waals surface area contributed by atoms with Crippen LogP contribution >= 0.6 is 11.8 Å². The molecule has 0 spiro atoms. The zero-order valence-corrected chi connectivity index (χ0v) is 10.3. The number of thioether (sulfide) groups is 1. The zero-order valence-electron chi connectivity index (χ0n) is 9.53. The highest BCUT2D eigenvalue weighted by Gasteiger charge is 2.24. The molecule has 0 saturated carbocycles. The van der Waals surface area contributed by atoms with Crippen molar-refractivity contribution in [2.45, 2.75) is 37.2 Å². The standard InChI is InChI=1S/C10H20N2O2S/c1-8(15-6-9(14)5-13)4-10(2,7-11)12-3/h8-9,12-14H,4-6H2,1-3H3. The van der Waals surface area contributed by atoms with Crippen molar-refractivity contribution in [3.63, 3.8) is 0 Å². The second-order valence-electron chi connectivity index (χ2n) is 3.88. The Kier molecular flexibility index (Phi) is 6.94. The van der Waals surface area contributed by atoms with Crippen molar-refractivity contribution in [3.8, 4) is 6.07 Å². The third-order valence-electron chi connectivity index (χ3n) is 2.28. The maximum atomic E-state index is 9.17. The van der Waals surface area contributed by atoms with E-state index in [1.54, 1.807) is 18.8 Å². The minimum atomic E-state index is -0.666. The van der Waals surface area contributed by atoms with Crippen molar-refractivity contribution in [2.24, 2.45) is 0 Å². The molecule has 0 aromatic heterocycles. The van der Waals surface area contributed by atoms with Crippen molar-refractivity contribution < 1.29 is 10.2 Å². The quantitative estimate of drug-likeness (QED) is 0.590. The van der Waals surface area contributed by atoms with Gasteiger partial charge in [0.1, 0.15) is 5.54 Å². The maximum Gasteiger partial charge on any atom is 0.104 e. The summed E-state index contributed by atoms with van der Waals surface area (Å²) >= 11 is 1.57. The molecule has 0 aliphatic rings. The number of nitrogens with one attached hydrogen (secondary N) is 1. The Bertz CT molecular complexity index is 220. The van der Waals surface area contributed by atoms with Gasteiger partial charge in [0, 0.05) is 11.0 Å². The molecule has 5 heteroatoms. The van der Waals surface area contributed by atoms with E-state index in [0.717, 1.165) is 0 Å². The summed E-state index contributed by atoms with van der Waals surface area (Å²) in [6.45, 7) is 3.66. The number of aliphatic hydroxyl groups is 2. The van der Waals surface area contributed by atoms with E-state index in [4.69, 9.17) is 15.5 Å². The molecule has 0 rings (SSSR count). The fourth-order valence-corrected chi connectivity index (χ4v) is 2.27. The monoisotopic (exact) mass is 232 g/mol. The number of nitriles is 1. The van der Waals surface area contributed by atoms with E-state index in [1.807, 2.05) is 13.8 Å². The molecule has 0 aliphatic heterocycles. The second kappa shape index (κ2) is 7.07. The molecule has 0 saturated heterocycles. The first kappa shape index (κ1) is 14.7. The number of hydrogen-bond donors (Lipinski definition) is 3. The van der Waals surface area contributed by atoms with Gasteiger partial charge in [0.15, 0.2) is 0 Å². The summed E-state index contributed by atoms with van der Waals surface area (Å²) in [6, 6.07) is 2.22. The predicted molar refractivity (Wildman–Crippen MR) is 62.7 cm³/mol. The fraction of sp³-hybridized carbons (Fsp3) is 0.900. The first-order valence-electron chi connectivity index (χ1n) is 4.98. The van der Waals surface area contributed by atoms with Gasteiger partial charge in [0.05, 0.1) is 18.8 Å². The van der Waals surface area contributed by atoms with Crippen LogP contribution in [0.15, 0.2) is 0 Å². The van der Waals surface area contributed by atoms with Gasteiger partial charge in [-0.25, -0.2) is 0 Å². The van der Waals surface area contributed by atoms with Gasteiger partial charge in [-0.05, 0) is 20.4 Å². The van der Waals surface area contributed by atoms with Crippen molar-refractivity contribution >= 4 is 11.8 Å². The summed E-state index contributed by atoms with van der Waals surface area (Å²) in [4.78, 5) is 0. The lowest BCUT2D eigenvalue weighted by Gasteiger charge is -2.24. The third-order valence-corrected chi connectivity index (χ3v) is 3.59. The van der Waals surface area contributed by atoms with Crippen LogP contribution in [0.5, 0.6) is 0 Å². The van der Waals surface area contributed by atoms with Crippen LogP contribution in [-0.4, -0.2) is 46.5 Å². The van der Waals surface area contributed by atoms with Crippen LogP contribution in [0.25, 0.3) is 0 Å². The predicted octanol–water partition coefficient (Wildman–Crippen LogP) is 0.353. The maximum absolute atomic E-state index is 9.17. The molecular formula is C10H20N2O2S. The minimum Gasteiger partial charge on any atom is -0.394 e. The van der Waals surface area contributed by atoms with Crippen LogP contribution in [0.2, 0.25) is 0 Å². The Morgan fingerprint density at radius 2 is 2.20 bits per heavy atom. The normalized spacial score (nSPS) is 18.9. The average Bonchev–Trinajstić information content (AvgIpc) is 2.25. The van der Waals surface area contributed by atoms with E-state index in [9.17, 15) is 0 Å². The van der Waals surface area contributed by atoms with Crippen molar-refractivity contribution in [1.82, 2.24) is 5.32 Å². The van der Waals surface area contributed by atoms with Crippen LogP contribution in [0, 0.1) is 11.3 Å². The highest BCUT2D eigenvalue weighted by molar-refractivity contribution is 7.99. The number of hydrogen-bond acceptors (Lipinski definition) is 5. The fourth-order valence-electron chi connectivity index (χ4n) is 1.17. The minimum absolute atomic E-state index is 0.207. The van der Waals surface area contributed by atoms with Crippen LogP contribution in [0.4, 0.5) is 0 Å². The van der Waals surface area contributed by atoms with Crippen LogP contribution < -0.4 is 5.32 Å². The summed E-state index contributed by atoms with van der Waals surface area (Å²) in [5, 5.41) is 30.0. The molecule has 15 heavy (non-hydrogen) atoms. The molecule has 0 amide bonds. The van der Waals surface area contributed by atoms with E-state index in [1.165, 1.54) is 0 Å². The molecular weight excluding hydrogens is 212 g/mol. The van der Waals surface area contributed by atoms with Crippen molar-refractivity contribution in [3.05, 3.63) is 0 Å². The molecule has 0 radical (unpaired) electrons. The molecule has 0 bridgehead atoms. The lowest BCUT2D eigenvalue weighted by atomic mass is 9.98. The van der Waals surface area contributed by atoms with Gasteiger partial charge in [-0.15, -0.1) is 0 Å². The molecule has 3 atom stereocenters. The highest BCUT2D eigenvalue weighted by atomic mass is 32.2. The first-order chi connectivity index (χ1) is 6.97. The Balaban J connectivity index is 3.93. The first-order valence-corrected chi connectivity index (χ1v) is 6.03. The van der Waals surface area contributed by atoms with Crippen LogP contribution in [0.3, 0.4) is 0 Å². The highest BCUT2D eigenvalue weighted by Crippen LogP contribution is 2.21. The average molecular weight is 232 g/mol. The smallest absolute Gasteiger partial charge is 0.104 e. The van der Waals surface area contributed by atoms with Crippen LogP contribution in [0.1, 0.15) is 20.3 Å².